The smallest absolute Gasteiger partial charge is 0.130 e. The summed E-state index contributed by atoms with van der Waals surface area (Å²) in [5, 5.41) is 0. The summed E-state index contributed by atoms with van der Waals surface area (Å²) >= 11 is 4.99. The second kappa shape index (κ2) is 5.10. The SMILES string of the molecule is Cc1ccc(Sc2ccnc(Br)c2N)cc1C. The number of benzene rings is 1. The van der Waals surface area contributed by atoms with Crippen molar-refractivity contribution in [2.45, 2.75) is 23.6 Å². The van der Waals surface area contributed by atoms with Gasteiger partial charge in [0.1, 0.15) is 4.60 Å². The molecule has 0 atom stereocenters. The van der Waals surface area contributed by atoms with E-state index in [4.69, 9.17) is 5.73 Å². The monoisotopic (exact) mass is 308 g/mol. The van der Waals surface area contributed by atoms with E-state index in [2.05, 4.69) is 53.0 Å². The fourth-order valence-corrected chi connectivity index (χ4v) is 2.85. The fourth-order valence-electron chi connectivity index (χ4n) is 1.42. The van der Waals surface area contributed by atoms with Gasteiger partial charge in [-0.05, 0) is 59.1 Å². The largest absolute Gasteiger partial charge is 0.396 e. The van der Waals surface area contributed by atoms with Crippen molar-refractivity contribution >= 4 is 33.4 Å². The Morgan fingerprint density at radius 2 is 1.94 bits per heavy atom. The highest BCUT2D eigenvalue weighted by atomic mass is 79.9. The van der Waals surface area contributed by atoms with Gasteiger partial charge in [0.2, 0.25) is 0 Å². The van der Waals surface area contributed by atoms with E-state index in [1.807, 2.05) is 6.07 Å². The Hall–Kier alpha value is -1.00. The third-order valence-electron chi connectivity index (χ3n) is 2.61. The molecule has 0 spiro atoms. The lowest BCUT2D eigenvalue weighted by Gasteiger charge is -2.08. The van der Waals surface area contributed by atoms with Crippen molar-refractivity contribution in [3.8, 4) is 0 Å². The highest BCUT2D eigenvalue weighted by Crippen LogP contribution is 2.35. The third kappa shape index (κ3) is 2.82. The zero-order valence-corrected chi connectivity index (χ0v) is 12.1. The predicted octanol–water partition coefficient (Wildman–Crippen LogP) is 4.19. The van der Waals surface area contributed by atoms with E-state index in [1.54, 1.807) is 18.0 Å². The average molecular weight is 309 g/mol. The maximum Gasteiger partial charge on any atom is 0.130 e. The van der Waals surface area contributed by atoms with E-state index >= 15 is 0 Å². The van der Waals surface area contributed by atoms with Crippen molar-refractivity contribution < 1.29 is 0 Å². The number of halogens is 1. The lowest BCUT2D eigenvalue weighted by Crippen LogP contribution is -1.92. The van der Waals surface area contributed by atoms with E-state index in [9.17, 15) is 0 Å². The minimum atomic E-state index is 0.690. The number of nitrogen functional groups attached to an aromatic ring is 1. The molecule has 2 nitrogen and oxygen atoms in total. The number of aromatic nitrogens is 1. The maximum absolute atomic E-state index is 5.97. The summed E-state index contributed by atoms with van der Waals surface area (Å²) in [6.07, 6.45) is 1.75. The molecular weight excluding hydrogens is 296 g/mol. The highest BCUT2D eigenvalue weighted by Gasteiger charge is 2.06. The van der Waals surface area contributed by atoms with Gasteiger partial charge in [-0.1, -0.05) is 17.8 Å². The highest BCUT2D eigenvalue weighted by molar-refractivity contribution is 9.10. The minimum Gasteiger partial charge on any atom is -0.396 e. The Balaban J connectivity index is 2.31. The van der Waals surface area contributed by atoms with E-state index in [0.717, 1.165) is 4.90 Å². The van der Waals surface area contributed by atoms with Crippen molar-refractivity contribution in [2.24, 2.45) is 0 Å². The van der Waals surface area contributed by atoms with E-state index < -0.39 is 0 Å². The van der Waals surface area contributed by atoms with Crippen LogP contribution in [0.1, 0.15) is 11.1 Å². The molecule has 17 heavy (non-hydrogen) atoms. The van der Waals surface area contributed by atoms with E-state index in [1.165, 1.54) is 16.0 Å². The summed E-state index contributed by atoms with van der Waals surface area (Å²) in [6.45, 7) is 4.23. The first-order chi connectivity index (χ1) is 8.08. The van der Waals surface area contributed by atoms with Gasteiger partial charge in [-0.25, -0.2) is 4.98 Å². The molecule has 0 saturated carbocycles. The molecule has 0 fully saturated rings. The van der Waals surface area contributed by atoms with Crippen molar-refractivity contribution in [3.63, 3.8) is 0 Å². The standard InChI is InChI=1S/C13H13BrN2S/c1-8-3-4-10(7-9(8)2)17-11-5-6-16-13(14)12(11)15/h3-7H,15H2,1-2H3. The molecule has 0 saturated heterocycles. The van der Waals surface area contributed by atoms with Gasteiger partial charge < -0.3 is 5.73 Å². The number of nitrogens with zero attached hydrogens (tertiary/aromatic N) is 1. The molecule has 0 amide bonds. The molecule has 0 bridgehead atoms. The number of hydrogen-bond donors (Lipinski definition) is 1. The number of aryl methyl sites for hydroxylation is 2. The quantitative estimate of drug-likeness (QED) is 0.845. The van der Waals surface area contributed by atoms with Gasteiger partial charge in [0.15, 0.2) is 0 Å². The lowest BCUT2D eigenvalue weighted by atomic mass is 10.1. The van der Waals surface area contributed by atoms with Gasteiger partial charge in [0.05, 0.1) is 5.69 Å². The van der Waals surface area contributed by atoms with Crippen LogP contribution in [0.3, 0.4) is 0 Å². The molecule has 1 heterocycles. The van der Waals surface area contributed by atoms with Gasteiger partial charge in [0, 0.05) is 16.0 Å². The summed E-state index contributed by atoms with van der Waals surface area (Å²) in [7, 11) is 0. The van der Waals surface area contributed by atoms with Gasteiger partial charge in [-0.2, -0.15) is 0 Å². The molecule has 0 radical (unpaired) electrons. The number of anilines is 1. The lowest BCUT2D eigenvalue weighted by molar-refractivity contribution is 1.22. The molecule has 0 aliphatic heterocycles. The number of hydrogen-bond acceptors (Lipinski definition) is 3. The summed E-state index contributed by atoms with van der Waals surface area (Å²) in [6, 6.07) is 8.35. The first kappa shape index (κ1) is 12.5. The van der Waals surface area contributed by atoms with Crippen LogP contribution < -0.4 is 5.73 Å². The Morgan fingerprint density at radius 1 is 1.18 bits per heavy atom. The Bertz CT molecular complexity index is 555. The number of rotatable bonds is 2. The zero-order valence-electron chi connectivity index (χ0n) is 9.70. The first-order valence-electron chi connectivity index (χ1n) is 5.23. The molecule has 2 aromatic rings. The molecule has 1 aromatic carbocycles. The maximum atomic E-state index is 5.97. The molecule has 4 heteroatoms. The second-order valence-electron chi connectivity index (χ2n) is 3.86. The summed E-state index contributed by atoms with van der Waals surface area (Å²) < 4.78 is 0.700. The topological polar surface area (TPSA) is 38.9 Å². The summed E-state index contributed by atoms with van der Waals surface area (Å²) in [5.74, 6) is 0. The van der Waals surface area contributed by atoms with Gasteiger partial charge in [-0.3, -0.25) is 0 Å². The van der Waals surface area contributed by atoms with Gasteiger partial charge >= 0.3 is 0 Å². The minimum absolute atomic E-state index is 0.690. The van der Waals surface area contributed by atoms with Crippen molar-refractivity contribution in [2.75, 3.05) is 5.73 Å². The summed E-state index contributed by atoms with van der Waals surface area (Å²) in [5.41, 5.74) is 9.26. The summed E-state index contributed by atoms with van der Waals surface area (Å²) in [4.78, 5) is 6.31. The third-order valence-corrected chi connectivity index (χ3v) is 4.31. The molecule has 0 aliphatic rings. The second-order valence-corrected chi connectivity index (χ2v) is 5.73. The predicted molar refractivity (Wildman–Crippen MR) is 76.4 cm³/mol. The van der Waals surface area contributed by atoms with Crippen LogP contribution in [0.4, 0.5) is 5.69 Å². The van der Waals surface area contributed by atoms with Gasteiger partial charge in [0.25, 0.3) is 0 Å². The van der Waals surface area contributed by atoms with Crippen LogP contribution in [0.2, 0.25) is 0 Å². The van der Waals surface area contributed by atoms with E-state index in [-0.39, 0.29) is 0 Å². The van der Waals surface area contributed by atoms with Crippen molar-refractivity contribution in [1.82, 2.24) is 4.98 Å². The average Bonchev–Trinajstić information content (AvgIpc) is 2.30. The number of pyridine rings is 1. The molecule has 88 valence electrons. The van der Waals surface area contributed by atoms with Crippen LogP contribution in [0, 0.1) is 13.8 Å². The first-order valence-corrected chi connectivity index (χ1v) is 6.84. The van der Waals surface area contributed by atoms with Crippen LogP contribution >= 0.6 is 27.7 Å². The molecule has 1 aromatic heterocycles. The van der Waals surface area contributed by atoms with Crippen molar-refractivity contribution in [3.05, 3.63) is 46.2 Å². The van der Waals surface area contributed by atoms with Crippen LogP contribution in [-0.2, 0) is 0 Å². The molecule has 0 aliphatic carbocycles. The Labute approximate surface area is 114 Å². The Morgan fingerprint density at radius 3 is 2.65 bits per heavy atom. The molecule has 0 unspecified atom stereocenters. The van der Waals surface area contributed by atoms with Crippen LogP contribution in [0.15, 0.2) is 44.9 Å². The normalized spacial score (nSPS) is 10.5. The van der Waals surface area contributed by atoms with E-state index in [0.29, 0.717) is 10.3 Å². The molecular formula is C13H13BrN2S. The number of nitrogens with two attached hydrogens (primary N) is 1. The zero-order chi connectivity index (χ0) is 12.4. The van der Waals surface area contributed by atoms with Crippen LogP contribution in [0.25, 0.3) is 0 Å². The van der Waals surface area contributed by atoms with Crippen LogP contribution in [0.5, 0.6) is 0 Å². The Kier molecular flexibility index (Phi) is 3.74. The van der Waals surface area contributed by atoms with Gasteiger partial charge in [-0.15, -0.1) is 0 Å². The fraction of sp³-hybridized carbons (Fsp3) is 0.154. The van der Waals surface area contributed by atoms with Crippen LogP contribution in [-0.4, -0.2) is 4.98 Å². The molecule has 2 rings (SSSR count). The van der Waals surface area contributed by atoms with Crippen molar-refractivity contribution in [1.29, 1.82) is 0 Å². The molecule has 2 N–H and O–H groups in total.